The van der Waals surface area contributed by atoms with Crippen LogP contribution in [0.4, 0.5) is 0 Å². The van der Waals surface area contributed by atoms with Gasteiger partial charge >= 0.3 is 0 Å². The van der Waals surface area contributed by atoms with Crippen LogP contribution in [0, 0.1) is 19.8 Å². The minimum atomic E-state index is 0. The Morgan fingerprint density at radius 2 is 1.85 bits per heavy atom. The number of aliphatic imine (C=N–C) groups is 1. The lowest BCUT2D eigenvalue weighted by Crippen LogP contribution is -2.55. The van der Waals surface area contributed by atoms with Crippen molar-refractivity contribution in [3.63, 3.8) is 0 Å². The van der Waals surface area contributed by atoms with Crippen molar-refractivity contribution in [2.45, 2.75) is 47.2 Å². The molecule has 0 spiro atoms. The number of nitrogens with zero attached hydrogens (tertiary/aromatic N) is 4. The van der Waals surface area contributed by atoms with Gasteiger partial charge in [0.1, 0.15) is 5.01 Å². The van der Waals surface area contributed by atoms with E-state index in [2.05, 4.69) is 67.1 Å². The van der Waals surface area contributed by atoms with Gasteiger partial charge in [0.15, 0.2) is 5.96 Å². The third kappa shape index (κ3) is 7.83. The Labute approximate surface area is 186 Å². The summed E-state index contributed by atoms with van der Waals surface area (Å²) >= 11 is 1.74. The SMILES string of the molecule is CCNC(=NCc1nc(C)c(C)s1)NCC(C(C)C)N1CCN(C)CC1.I. The molecule has 27 heavy (non-hydrogen) atoms. The smallest absolute Gasteiger partial charge is 0.191 e. The van der Waals surface area contributed by atoms with E-state index in [9.17, 15) is 0 Å². The number of aromatic nitrogens is 1. The fourth-order valence-corrected chi connectivity index (χ4v) is 4.09. The highest BCUT2D eigenvalue weighted by molar-refractivity contribution is 14.0. The minimum absolute atomic E-state index is 0. The number of aryl methyl sites for hydroxylation is 2. The van der Waals surface area contributed by atoms with Crippen molar-refractivity contribution in [2.75, 3.05) is 46.3 Å². The van der Waals surface area contributed by atoms with Crippen molar-refractivity contribution in [3.05, 3.63) is 15.6 Å². The van der Waals surface area contributed by atoms with Gasteiger partial charge in [0.2, 0.25) is 0 Å². The third-order valence-corrected chi connectivity index (χ3v) is 6.10. The monoisotopic (exact) mass is 508 g/mol. The summed E-state index contributed by atoms with van der Waals surface area (Å²) in [5.74, 6) is 1.50. The number of thiazole rings is 1. The Bertz CT molecular complexity index is 561. The molecule has 1 aliphatic rings. The molecule has 1 aromatic rings. The highest BCUT2D eigenvalue weighted by Crippen LogP contribution is 2.17. The Hall–Kier alpha value is -0.450. The summed E-state index contributed by atoms with van der Waals surface area (Å²) in [7, 11) is 2.21. The van der Waals surface area contributed by atoms with Crippen LogP contribution in [-0.2, 0) is 6.54 Å². The first kappa shape index (κ1) is 24.6. The Morgan fingerprint density at radius 1 is 1.19 bits per heavy atom. The van der Waals surface area contributed by atoms with Crippen molar-refractivity contribution in [1.82, 2.24) is 25.4 Å². The Balaban J connectivity index is 0.00000364. The van der Waals surface area contributed by atoms with E-state index < -0.39 is 0 Å². The quantitative estimate of drug-likeness (QED) is 0.337. The van der Waals surface area contributed by atoms with E-state index >= 15 is 0 Å². The van der Waals surface area contributed by atoms with Gasteiger partial charge in [0.05, 0.1) is 12.2 Å². The molecule has 6 nitrogen and oxygen atoms in total. The van der Waals surface area contributed by atoms with Crippen LogP contribution >= 0.6 is 35.3 Å². The molecule has 8 heteroatoms. The first-order chi connectivity index (χ1) is 12.4. The van der Waals surface area contributed by atoms with Gasteiger partial charge in [0.25, 0.3) is 0 Å². The fraction of sp³-hybridized carbons (Fsp3) is 0.789. The van der Waals surface area contributed by atoms with Gasteiger partial charge in [-0.3, -0.25) is 4.90 Å². The third-order valence-electron chi connectivity index (χ3n) is 5.04. The predicted octanol–water partition coefficient (Wildman–Crippen LogP) is 2.71. The van der Waals surface area contributed by atoms with Gasteiger partial charge in [-0.1, -0.05) is 13.8 Å². The van der Waals surface area contributed by atoms with Crippen LogP contribution in [0.3, 0.4) is 0 Å². The van der Waals surface area contributed by atoms with Crippen LogP contribution in [0.5, 0.6) is 0 Å². The molecule has 2 heterocycles. The average molecular weight is 509 g/mol. The van der Waals surface area contributed by atoms with Crippen LogP contribution < -0.4 is 10.6 Å². The lowest BCUT2D eigenvalue weighted by Gasteiger charge is -2.40. The molecule has 2 N–H and O–H groups in total. The molecule has 0 aliphatic carbocycles. The highest BCUT2D eigenvalue weighted by atomic mass is 127. The van der Waals surface area contributed by atoms with E-state index in [1.165, 1.54) is 4.88 Å². The molecule has 0 aromatic carbocycles. The number of hydrogen-bond acceptors (Lipinski definition) is 5. The molecule has 0 bridgehead atoms. The summed E-state index contributed by atoms with van der Waals surface area (Å²) in [6.07, 6.45) is 0. The lowest BCUT2D eigenvalue weighted by molar-refractivity contribution is 0.0900. The summed E-state index contributed by atoms with van der Waals surface area (Å²) in [6.45, 7) is 17.9. The molecule has 1 fully saturated rings. The number of hydrogen-bond donors (Lipinski definition) is 2. The summed E-state index contributed by atoms with van der Waals surface area (Å²) in [4.78, 5) is 15.6. The molecule has 1 aromatic heterocycles. The molecular weight excluding hydrogens is 471 g/mol. The largest absolute Gasteiger partial charge is 0.357 e. The number of halogens is 1. The molecule has 0 amide bonds. The number of piperazine rings is 1. The van der Waals surface area contributed by atoms with Crippen LogP contribution in [0.25, 0.3) is 0 Å². The van der Waals surface area contributed by atoms with Gasteiger partial charge < -0.3 is 15.5 Å². The van der Waals surface area contributed by atoms with Gasteiger partial charge in [0, 0.05) is 50.2 Å². The van der Waals surface area contributed by atoms with E-state index in [-0.39, 0.29) is 24.0 Å². The fourth-order valence-electron chi connectivity index (χ4n) is 3.24. The van der Waals surface area contributed by atoms with Crippen molar-refractivity contribution >= 4 is 41.3 Å². The first-order valence-electron chi connectivity index (χ1n) is 9.78. The molecule has 1 saturated heterocycles. The zero-order chi connectivity index (χ0) is 19.1. The second kappa shape index (κ2) is 12.2. The maximum atomic E-state index is 4.74. The number of nitrogens with one attached hydrogen (secondary N) is 2. The zero-order valence-electron chi connectivity index (χ0n) is 17.7. The minimum Gasteiger partial charge on any atom is -0.357 e. The first-order valence-corrected chi connectivity index (χ1v) is 10.6. The van der Waals surface area contributed by atoms with Crippen LogP contribution in [-0.4, -0.2) is 73.1 Å². The molecule has 156 valence electrons. The zero-order valence-corrected chi connectivity index (χ0v) is 20.9. The normalized spacial score (nSPS) is 17.7. The molecule has 1 atom stereocenters. The molecular formula is C19H37IN6S. The number of likely N-dealkylation sites (N-methyl/N-ethyl adjacent to an activating group) is 1. The van der Waals surface area contributed by atoms with E-state index in [4.69, 9.17) is 4.99 Å². The van der Waals surface area contributed by atoms with Gasteiger partial charge in [-0.25, -0.2) is 9.98 Å². The highest BCUT2D eigenvalue weighted by Gasteiger charge is 2.25. The summed E-state index contributed by atoms with van der Waals surface area (Å²) in [5, 5.41) is 8.01. The number of rotatable bonds is 7. The summed E-state index contributed by atoms with van der Waals surface area (Å²) < 4.78 is 0. The number of guanidine groups is 1. The summed E-state index contributed by atoms with van der Waals surface area (Å²) in [6, 6.07) is 0.525. The van der Waals surface area contributed by atoms with E-state index in [1.54, 1.807) is 11.3 Å². The molecule has 1 aliphatic heterocycles. The maximum Gasteiger partial charge on any atom is 0.191 e. The van der Waals surface area contributed by atoms with Crippen molar-refractivity contribution in [2.24, 2.45) is 10.9 Å². The lowest BCUT2D eigenvalue weighted by atomic mass is 10.0. The van der Waals surface area contributed by atoms with Gasteiger partial charge in [-0.2, -0.15) is 0 Å². The molecule has 2 rings (SSSR count). The van der Waals surface area contributed by atoms with Crippen molar-refractivity contribution in [1.29, 1.82) is 0 Å². The van der Waals surface area contributed by atoms with E-state index in [0.717, 1.165) is 55.9 Å². The molecule has 0 saturated carbocycles. The van der Waals surface area contributed by atoms with Crippen LogP contribution in [0.2, 0.25) is 0 Å². The molecule has 0 radical (unpaired) electrons. The maximum absolute atomic E-state index is 4.74. The topological polar surface area (TPSA) is 55.8 Å². The Kier molecular flexibility index (Phi) is 11.1. The van der Waals surface area contributed by atoms with E-state index in [0.29, 0.717) is 18.5 Å². The second-order valence-corrected chi connectivity index (χ2v) is 8.76. The van der Waals surface area contributed by atoms with Crippen LogP contribution in [0.15, 0.2) is 4.99 Å². The predicted molar refractivity (Wildman–Crippen MR) is 128 cm³/mol. The second-order valence-electron chi connectivity index (χ2n) is 7.48. The van der Waals surface area contributed by atoms with Gasteiger partial charge in [-0.15, -0.1) is 35.3 Å². The standard InChI is InChI=1S/C19H36N6S.HI/c1-7-20-19(22-13-18-23-15(4)16(5)26-18)21-12-17(14(2)3)25-10-8-24(6)9-11-25;/h14,17H,7-13H2,1-6H3,(H2,20,21,22);1H. The van der Waals surface area contributed by atoms with Crippen LogP contribution in [0.1, 0.15) is 36.3 Å². The van der Waals surface area contributed by atoms with Gasteiger partial charge in [-0.05, 0) is 33.7 Å². The average Bonchev–Trinajstić information content (AvgIpc) is 2.92. The summed E-state index contributed by atoms with van der Waals surface area (Å²) in [5.41, 5.74) is 1.12. The van der Waals surface area contributed by atoms with Crippen molar-refractivity contribution in [3.8, 4) is 0 Å². The Morgan fingerprint density at radius 3 is 2.37 bits per heavy atom. The van der Waals surface area contributed by atoms with E-state index in [1.807, 2.05) is 0 Å². The molecule has 1 unspecified atom stereocenters. The van der Waals surface area contributed by atoms with Crippen molar-refractivity contribution < 1.29 is 0 Å².